The van der Waals surface area contributed by atoms with E-state index >= 15 is 0 Å². The first kappa shape index (κ1) is 14.0. The van der Waals surface area contributed by atoms with E-state index in [9.17, 15) is 4.79 Å². The molecule has 1 N–H and O–H groups in total. The third-order valence-electron chi connectivity index (χ3n) is 3.56. The molecule has 1 aromatic rings. The zero-order valence-corrected chi connectivity index (χ0v) is 11.7. The summed E-state index contributed by atoms with van der Waals surface area (Å²) in [7, 11) is 1.37. The summed E-state index contributed by atoms with van der Waals surface area (Å²) in [6, 6.07) is 6.42. The molecule has 1 saturated heterocycles. The predicted molar refractivity (Wildman–Crippen MR) is 72.9 cm³/mol. The fourth-order valence-electron chi connectivity index (χ4n) is 2.45. The number of methoxy groups -OCH3 is 1. The summed E-state index contributed by atoms with van der Waals surface area (Å²) >= 11 is 0. The number of nitrogens with zero attached hydrogens (tertiary/aromatic N) is 2. The highest BCUT2D eigenvalue weighted by Gasteiger charge is 2.24. The van der Waals surface area contributed by atoms with Gasteiger partial charge in [0.1, 0.15) is 5.69 Å². The number of carbonyl (C=O) groups excluding carboxylic acids is 1. The third kappa shape index (κ3) is 3.30. The maximum absolute atomic E-state index is 11.5. The molecule has 5 heteroatoms. The van der Waals surface area contributed by atoms with Crippen LogP contribution in [0.25, 0.3) is 0 Å². The van der Waals surface area contributed by atoms with Gasteiger partial charge < -0.3 is 10.1 Å². The summed E-state index contributed by atoms with van der Waals surface area (Å²) in [5.41, 5.74) is 1.28. The van der Waals surface area contributed by atoms with Gasteiger partial charge in [0, 0.05) is 31.7 Å². The Kier molecular flexibility index (Phi) is 4.50. The van der Waals surface area contributed by atoms with Crippen molar-refractivity contribution in [1.82, 2.24) is 15.2 Å². The van der Waals surface area contributed by atoms with Gasteiger partial charge in [0.25, 0.3) is 0 Å². The molecule has 0 radical (unpaired) electrons. The summed E-state index contributed by atoms with van der Waals surface area (Å²) in [5, 5.41) is 3.40. The van der Waals surface area contributed by atoms with E-state index < -0.39 is 0 Å². The van der Waals surface area contributed by atoms with Crippen molar-refractivity contribution in [3.63, 3.8) is 0 Å². The maximum atomic E-state index is 11.5. The lowest BCUT2D eigenvalue weighted by atomic mass is 10.1. The molecule has 0 saturated carbocycles. The fourth-order valence-corrected chi connectivity index (χ4v) is 2.45. The molecular weight excluding hydrogens is 242 g/mol. The van der Waals surface area contributed by atoms with Crippen LogP contribution in [0, 0.1) is 0 Å². The molecule has 0 bridgehead atoms. The van der Waals surface area contributed by atoms with E-state index in [1.54, 1.807) is 6.07 Å². The van der Waals surface area contributed by atoms with Gasteiger partial charge >= 0.3 is 5.97 Å². The van der Waals surface area contributed by atoms with Crippen molar-refractivity contribution in [3.05, 3.63) is 29.6 Å². The number of aromatic nitrogens is 1. The third-order valence-corrected chi connectivity index (χ3v) is 3.56. The second-order valence-electron chi connectivity index (χ2n) is 5.03. The van der Waals surface area contributed by atoms with Gasteiger partial charge in [0.05, 0.1) is 12.8 Å². The highest BCUT2D eigenvalue weighted by Crippen LogP contribution is 2.14. The molecule has 0 aliphatic carbocycles. The first-order valence-corrected chi connectivity index (χ1v) is 6.62. The van der Waals surface area contributed by atoms with Crippen molar-refractivity contribution in [2.24, 2.45) is 0 Å². The van der Waals surface area contributed by atoms with Gasteiger partial charge in [-0.25, -0.2) is 9.78 Å². The van der Waals surface area contributed by atoms with E-state index in [-0.39, 0.29) is 5.97 Å². The van der Waals surface area contributed by atoms with E-state index in [0.29, 0.717) is 17.8 Å². The number of esters is 1. The van der Waals surface area contributed by atoms with Crippen LogP contribution in [-0.4, -0.2) is 48.1 Å². The highest BCUT2D eigenvalue weighted by atomic mass is 16.5. The SMILES string of the molecule is COC(=O)c1cccc(CN2C(C)CNCC2C)n1. The van der Waals surface area contributed by atoms with Crippen LogP contribution in [0.15, 0.2) is 18.2 Å². The number of carbonyl (C=O) groups is 1. The minimum Gasteiger partial charge on any atom is -0.464 e. The molecule has 0 aromatic carbocycles. The van der Waals surface area contributed by atoms with Crippen molar-refractivity contribution < 1.29 is 9.53 Å². The Balaban J connectivity index is 2.12. The number of hydrogen-bond acceptors (Lipinski definition) is 5. The van der Waals surface area contributed by atoms with Gasteiger partial charge in [-0.15, -0.1) is 0 Å². The summed E-state index contributed by atoms with van der Waals surface area (Å²) in [6.45, 7) is 7.14. The van der Waals surface area contributed by atoms with Crippen molar-refractivity contribution in [1.29, 1.82) is 0 Å². The minimum absolute atomic E-state index is 0.371. The number of nitrogens with one attached hydrogen (secondary N) is 1. The van der Waals surface area contributed by atoms with Gasteiger partial charge in [-0.05, 0) is 26.0 Å². The van der Waals surface area contributed by atoms with Crippen LogP contribution >= 0.6 is 0 Å². The Morgan fingerprint density at radius 3 is 2.74 bits per heavy atom. The standard InChI is InChI=1S/C14H21N3O2/c1-10-7-15-8-11(2)17(10)9-12-5-4-6-13(16-12)14(18)19-3/h4-6,10-11,15H,7-9H2,1-3H3. The fraction of sp³-hybridized carbons (Fsp3) is 0.571. The molecule has 0 amide bonds. The summed E-state index contributed by atoms with van der Waals surface area (Å²) in [6.07, 6.45) is 0. The molecule has 2 unspecified atom stereocenters. The van der Waals surface area contributed by atoms with Gasteiger partial charge in [-0.3, -0.25) is 4.90 Å². The zero-order valence-electron chi connectivity index (χ0n) is 11.7. The second kappa shape index (κ2) is 6.12. The smallest absolute Gasteiger partial charge is 0.356 e. The molecule has 2 atom stereocenters. The maximum Gasteiger partial charge on any atom is 0.356 e. The second-order valence-corrected chi connectivity index (χ2v) is 5.03. The summed E-state index contributed by atoms with van der Waals surface area (Å²) < 4.78 is 4.70. The van der Waals surface area contributed by atoms with E-state index in [1.807, 2.05) is 12.1 Å². The van der Waals surface area contributed by atoms with Crippen LogP contribution < -0.4 is 5.32 Å². The first-order chi connectivity index (χ1) is 9.11. The Hall–Kier alpha value is -1.46. The lowest BCUT2D eigenvalue weighted by molar-refractivity contribution is 0.0592. The van der Waals surface area contributed by atoms with E-state index in [0.717, 1.165) is 25.3 Å². The van der Waals surface area contributed by atoms with Gasteiger partial charge in [0.15, 0.2) is 0 Å². The molecule has 104 valence electrons. The topological polar surface area (TPSA) is 54.5 Å². The molecule has 1 aliphatic heterocycles. The van der Waals surface area contributed by atoms with E-state index in [1.165, 1.54) is 7.11 Å². The molecule has 1 aliphatic rings. The van der Waals surface area contributed by atoms with Crippen LogP contribution in [0.3, 0.4) is 0 Å². The van der Waals surface area contributed by atoms with Crippen molar-refractivity contribution >= 4 is 5.97 Å². The summed E-state index contributed by atoms with van der Waals surface area (Å²) in [4.78, 5) is 18.3. The zero-order chi connectivity index (χ0) is 13.8. The number of rotatable bonds is 3. The lowest BCUT2D eigenvalue weighted by Gasteiger charge is -2.39. The number of hydrogen-bond donors (Lipinski definition) is 1. The van der Waals surface area contributed by atoms with Crippen molar-refractivity contribution in [2.75, 3.05) is 20.2 Å². The van der Waals surface area contributed by atoms with Gasteiger partial charge in [0.2, 0.25) is 0 Å². The predicted octanol–water partition coefficient (Wildman–Crippen LogP) is 1.05. The number of piperazine rings is 1. The molecular formula is C14H21N3O2. The quantitative estimate of drug-likeness (QED) is 0.826. The normalized spacial score (nSPS) is 24.2. The number of ether oxygens (including phenoxy) is 1. The summed E-state index contributed by atoms with van der Waals surface area (Å²) in [5.74, 6) is -0.386. The number of pyridine rings is 1. The van der Waals surface area contributed by atoms with Crippen LogP contribution in [0.5, 0.6) is 0 Å². The van der Waals surface area contributed by atoms with Crippen LogP contribution in [0.2, 0.25) is 0 Å². The van der Waals surface area contributed by atoms with E-state index in [2.05, 4.69) is 29.0 Å². The Morgan fingerprint density at radius 1 is 1.42 bits per heavy atom. The molecule has 1 aromatic heterocycles. The van der Waals surface area contributed by atoms with Crippen molar-refractivity contribution in [3.8, 4) is 0 Å². The van der Waals surface area contributed by atoms with Crippen molar-refractivity contribution in [2.45, 2.75) is 32.5 Å². The molecule has 2 heterocycles. The largest absolute Gasteiger partial charge is 0.464 e. The Morgan fingerprint density at radius 2 is 2.11 bits per heavy atom. The first-order valence-electron chi connectivity index (χ1n) is 6.62. The highest BCUT2D eigenvalue weighted by molar-refractivity contribution is 5.87. The Labute approximate surface area is 114 Å². The van der Waals surface area contributed by atoms with Crippen LogP contribution in [0.4, 0.5) is 0 Å². The molecule has 0 spiro atoms. The average Bonchev–Trinajstić information content (AvgIpc) is 2.42. The van der Waals surface area contributed by atoms with Gasteiger partial charge in [-0.1, -0.05) is 6.07 Å². The van der Waals surface area contributed by atoms with Crippen LogP contribution in [-0.2, 0) is 11.3 Å². The van der Waals surface area contributed by atoms with Crippen LogP contribution in [0.1, 0.15) is 30.0 Å². The lowest BCUT2D eigenvalue weighted by Crippen LogP contribution is -2.54. The minimum atomic E-state index is -0.386. The molecule has 5 nitrogen and oxygen atoms in total. The average molecular weight is 263 g/mol. The van der Waals surface area contributed by atoms with E-state index in [4.69, 9.17) is 4.74 Å². The van der Waals surface area contributed by atoms with Gasteiger partial charge in [-0.2, -0.15) is 0 Å². The molecule has 1 fully saturated rings. The molecule has 19 heavy (non-hydrogen) atoms. The monoisotopic (exact) mass is 263 g/mol. The Bertz CT molecular complexity index is 440. The molecule has 2 rings (SSSR count).